The minimum absolute atomic E-state index is 0.354. The Bertz CT molecular complexity index is 1060. The average Bonchev–Trinajstić information content (AvgIpc) is 2.77. The van der Waals surface area contributed by atoms with Crippen LogP contribution in [-0.4, -0.2) is 26.2 Å². The molecule has 0 unspecified atom stereocenters. The zero-order valence-electron chi connectivity index (χ0n) is 15.8. The molecule has 0 N–H and O–H groups in total. The number of benzene rings is 3. The quantitative estimate of drug-likeness (QED) is 0.383. The summed E-state index contributed by atoms with van der Waals surface area (Å²) in [5.74, 6) is -0.888. The molecule has 0 aromatic heterocycles. The van der Waals surface area contributed by atoms with Crippen molar-refractivity contribution in [2.45, 2.75) is 0 Å². The standard InChI is InChI=1S/C22H17ClN2O4/c1-28-21(26)15-5-3-14(4-6-15)19-12-7-16(22(27)29-2)13-20(19)25-24-18-10-8-17(23)9-11-18/h3-13H,1-2H3. The Morgan fingerprint density at radius 3 is 1.97 bits per heavy atom. The molecular formula is C22H17ClN2O4. The van der Waals surface area contributed by atoms with Crippen LogP contribution >= 0.6 is 11.6 Å². The Labute approximate surface area is 172 Å². The van der Waals surface area contributed by atoms with Gasteiger partial charge in [-0.15, -0.1) is 5.11 Å². The van der Waals surface area contributed by atoms with E-state index in [1.54, 1.807) is 66.7 Å². The predicted octanol–water partition coefficient (Wildman–Crippen LogP) is 6.00. The van der Waals surface area contributed by atoms with Crippen molar-refractivity contribution < 1.29 is 19.1 Å². The van der Waals surface area contributed by atoms with Crippen molar-refractivity contribution in [2.24, 2.45) is 10.2 Å². The molecule has 3 rings (SSSR count). The molecule has 7 heteroatoms. The molecule has 3 aromatic rings. The molecule has 0 atom stereocenters. The van der Waals surface area contributed by atoms with E-state index in [-0.39, 0.29) is 0 Å². The van der Waals surface area contributed by atoms with Gasteiger partial charge >= 0.3 is 11.9 Å². The van der Waals surface area contributed by atoms with Crippen molar-refractivity contribution in [1.29, 1.82) is 0 Å². The van der Waals surface area contributed by atoms with Gasteiger partial charge in [0.1, 0.15) is 0 Å². The van der Waals surface area contributed by atoms with Gasteiger partial charge in [-0.3, -0.25) is 0 Å². The third-order valence-corrected chi connectivity index (χ3v) is 4.39. The molecule has 0 radical (unpaired) electrons. The number of rotatable bonds is 5. The molecule has 0 saturated heterocycles. The molecule has 146 valence electrons. The lowest BCUT2D eigenvalue weighted by Crippen LogP contribution is -2.01. The molecule has 3 aromatic carbocycles. The molecule has 0 aliphatic carbocycles. The highest BCUT2D eigenvalue weighted by molar-refractivity contribution is 6.30. The summed E-state index contributed by atoms with van der Waals surface area (Å²) in [6.45, 7) is 0. The van der Waals surface area contributed by atoms with Gasteiger partial charge in [0.05, 0.1) is 36.7 Å². The van der Waals surface area contributed by atoms with E-state index in [0.717, 1.165) is 11.1 Å². The molecule has 0 bridgehead atoms. The van der Waals surface area contributed by atoms with Crippen molar-refractivity contribution in [3.8, 4) is 11.1 Å². The Balaban J connectivity index is 2.02. The van der Waals surface area contributed by atoms with Gasteiger partial charge < -0.3 is 9.47 Å². The summed E-state index contributed by atoms with van der Waals surface area (Å²) < 4.78 is 9.51. The number of carbonyl (C=O) groups excluding carboxylic acids is 2. The lowest BCUT2D eigenvalue weighted by atomic mass is 10.0. The fourth-order valence-corrected chi connectivity index (χ4v) is 2.75. The van der Waals surface area contributed by atoms with Crippen LogP contribution < -0.4 is 0 Å². The smallest absolute Gasteiger partial charge is 0.337 e. The molecule has 0 heterocycles. The van der Waals surface area contributed by atoms with Crippen molar-refractivity contribution in [1.82, 2.24) is 0 Å². The second kappa shape index (κ2) is 9.12. The van der Waals surface area contributed by atoms with Gasteiger partial charge in [0.15, 0.2) is 0 Å². The number of hydrogen-bond acceptors (Lipinski definition) is 6. The summed E-state index contributed by atoms with van der Waals surface area (Å²) in [6.07, 6.45) is 0. The molecule has 0 saturated carbocycles. The largest absolute Gasteiger partial charge is 0.465 e. The fraction of sp³-hybridized carbons (Fsp3) is 0.0909. The van der Waals surface area contributed by atoms with E-state index in [1.165, 1.54) is 14.2 Å². The van der Waals surface area contributed by atoms with Crippen LogP contribution in [0, 0.1) is 0 Å². The first-order chi connectivity index (χ1) is 14.0. The maximum Gasteiger partial charge on any atom is 0.337 e. The number of nitrogens with zero attached hydrogens (tertiary/aromatic N) is 2. The third kappa shape index (κ3) is 4.86. The van der Waals surface area contributed by atoms with Gasteiger partial charge in [0, 0.05) is 10.6 Å². The number of halogens is 1. The van der Waals surface area contributed by atoms with Gasteiger partial charge in [-0.25, -0.2) is 9.59 Å². The van der Waals surface area contributed by atoms with E-state index in [2.05, 4.69) is 10.2 Å². The molecule has 0 amide bonds. The normalized spacial score (nSPS) is 10.7. The highest BCUT2D eigenvalue weighted by atomic mass is 35.5. The first kappa shape index (κ1) is 20.2. The summed E-state index contributed by atoms with van der Waals surface area (Å²) in [5.41, 5.74) is 3.43. The minimum atomic E-state index is -0.472. The van der Waals surface area contributed by atoms with Crippen LogP contribution in [0.1, 0.15) is 20.7 Å². The molecule has 0 aliphatic heterocycles. The number of hydrogen-bond donors (Lipinski definition) is 0. The fourth-order valence-electron chi connectivity index (χ4n) is 2.63. The minimum Gasteiger partial charge on any atom is -0.465 e. The van der Waals surface area contributed by atoms with E-state index < -0.39 is 11.9 Å². The van der Waals surface area contributed by atoms with Gasteiger partial charge in [-0.1, -0.05) is 29.8 Å². The number of carbonyl (C=O) groups is 2. The zero-order chi connectivity index (χ0) is 20.8. The van der Waals surface area contributed by atoms with Crippen LogP contribution in [0.5, 0.6) is 0 Å². The zero-order valence-corrected chi connectivity index (χ0v) is 16.5. The SMILES string of the molecule is COC(=O)c1ccc(-c2ccc(C(=O)OC)cc2N=Nc2ccc(Cl)cc2)cc1. The number of ether oxygens (including phenoxy) is 2. The van der Waals surface area contributed by atoms with Crippen LogP contribution in [0.2, 0.25) is 5.02 Å². The van der Waals surface area contributed by atoms with Crippen LogP contribution in [0.4, 0.5) is 11.4 Å². The monoisotopic (exact) mass is 408 g/mol. The number of azo groups is 1. The second-order valence-electron chi connectivity index (χ2n) is 5.97. The van der Waals surface area contributed by atoms with Crippen molar-refractivity contribution >= 4 is 34.9 Å². The first-order valence-corrected chi connectivity index (χ1v) is 8.98. The lowest BCUT2D eigenvalue weighted by Gasteiger charge is -2.08. The van der Waals surface area contributed by atoms with Crippen molar-refractivity contribution in [2.75, 3.05) is 14.2 Å². The van der Waals surface area contributed by atoms with Crippen LogP contribution in [0.15, 0.2) is 77.0 Å². The summed E-state index contributed by atoms with van der Waals surface area (Å²) >= 11 is 5.89. The van der Waals surface area contributed by atoms with E-state index in [4.69, 9.17) is 21.1 Å². The molecule has 0 aliphatic rings. The molecule has 0 fully saturated rings. The van der Waals surface area contributed by atoms with Crippen molar-refractivity contribution in [3.05, 3.63) is 82.9 Å². The first-order valence-electron chi connectivity index (χ1n) is 8.60. The van der Waals surface area contributed by atoms with E-state index in [1.807, 2.05) is 0 Å². The van der Waals surface area contributed by atoms with Crippen molar-refractivity contribution in [3.63, 3.8) is 0 Å². The number of methoxy groups -OCH3 is 2. The van der Waals surface area contributed by atoms with Crippen LogP contribution in [-0.2, 0) is 9.47 Å². The lowest BCUT2D eigenvalue weighted by molar-refractivity contribution is 0.0592. The molecule has 6 nitrogen and oxygen atoms in total. The molecule has 29 heavy (non-hydrogen) atoms. The Morgan fingerprint density at radius 2 is 1.34 bits per heavy atom. The average molecular weight is 409 g/mol. The van der Waals surface area contributed by atoms with Gasteiger partial charge in [0.2, 0.25) is 0 Å². The van der Waals surface area contributed by atoms with E-state index >= 15 is 0 Å². The maximum atomic E-state index is 11.9. The molecule has 0 spiro atoms. The van der Waals surface area contributed by atoms with E-state index in [0.29, 0.717) is 27.5 Å². The van der Waals surface area contributed by atoms with Crippen LogP contribution in [0.3, 0.4) is 0 Å². The highest BCUT2D eigenvalue weighted by Gasteiger charge is 2.12. The summed E-state index contributed by atoms with van der Waals surface area (Å²) in [5, 5.41) is 9.15. The van der Waals surface area contributed by atoms with Gasteiger partial charge in [-0.05, 0) is 54.1 Å². The van der Waals surface area contributed by atoms with Gasteiger partial charge in [-0.2, -0.15) is 5.11 Å². The van der Waals surface area contributed by atoms with E-state index in [9.17, 15) is 9.59 Å². The predicted molar refractivity (Wildman–Crippen MR) is 110 cm³/mol. The maximum absolute atomic E-state index is 11.9. The Hall–Kier alpha value is -3.51. The number of esters is 2. The Kier molecular flexibility index (Phi) is 6.36. The topological polar surface area (TPSA) is 77.3 Å². The Morgan fingerprint density at radius 1 is 0.759 bits per heavy atom. The van der Waals surface area contributed by atoms with Crippen LogP contribution in [0.25, 0.3) is 11.1 Å². The summed E-state index contributed by atoms with van der Waals surface area (Å²) in [6, 6.07) is 18.8. The second-order valence-corrected chi connectivity index (χ2v) is 6.41. The third-order valence-electron chi connectivity index (χ3n) is 4.14. The summed E-state index contributed by atoms with van der Waals surface area (Å²) in [7, 11) is 2.65. The highest BCUT2D eigenvalue weighted by Crippen LogP contribution is 2.33. The molecular weight excluding hydrogens is 392 g/mol. The van der Waals surface area contributed by atoms with Gasteiger partial charge in [0.25, 0.3) is 0 Å². The summed E-state index contributed by atoms with van der Waals surface area (Å²) in [4.78, 5) is 23.6.